The summed E-state index contributed by atoms with van der Waals surface area (Å²) < 4.78 is 31.8. The van der Waals surface area contributed by atoms with Crippen molar-refractivity contribution in [2.75, 3.05) is 13.2 Å². The highest BCUT2D eigenvalue weighted by molar-refractivity contribution is 5.29. The fourth-order valence-electron chi connectivity index (χ4n) is 2.17. The Morgan fingerprint density at radius 3 is 2.61 bits per heavy atom. The van der Waals surface area contributed by atoms with Gasteiger partial charge in [-0.1, -0.05) is 0 Å². The standard InChI is InChI=1S/C13H17F2NO2/c1-13(3-2-4-18-13)8-16-7-9-5-10(14)12(17)11(15)6-9/h5-6,16-17H,2-4,7-8H2,1H3. The van der Waals surface area contributed by atoms with E-state index in [1.807, 2.05) is 6.92 Å². The van der Waals surface area contributed by atoms with Gasteiger partial charge >= 0.3 is 0 Å². The Morgan fingerprint density at radius 2 is 2.06 bits per heavy atom. The highest BCUT2D eigenvalue weighted by Crippen LogP contribution is 2.24. The first-order chi connectivity index (χ1) is 8.50. The van der Waals surface area contributed by atoms with Crippen molar-refractivity contribution in [2.45, 2.75) is 31.9 Å². The molecular formula is C13H17F2NO2. The lowest BCUT2D eigenvalue weighted by Gasteiger charge is -2.23. The SMILES string of the molecule is CC1(CNCc2cc(F)c(O)c(F)c2)CCCO1. The van der Waals surface area contributed by atoms with E-state index in [4.69, 9.17) is 9.84 Å². The molecular weight excluding hydrogens is 240 g/mol. The highest BCUT2D eigenvalue weighted by Gasteiger charge is 2.28. The van der Waals surface area contributed by atoms with Crippen molar-refractivity contribution in [3.8, 4) is 5.75 Å². The maximum Gasteiger partial charge on any atom is 0.187 e. The lowest BCUT2D eigenvalue weighted by molar-refractivity contribution is 0.0207. The van der Waals surface area contributed by atoms with E-state index in [1.165, 1.54) is 0 Å². The van der Waals surface area contributed by atoms with Crippen molar-refractivity contribution in [2.24, 2.45) is 0 Å². The Bertz CT molecular complexity index is 408. The summed E-state index contributed by atoms with van der Waals surface area (Å²) >= 11 is 0. The van der Waals surface area contributed by atoms with Gasteiger partial charge in [-0.05, 0) is 37.5 Å². The van der Waals surface area contributed by atoms with Crippen molar-refractivity contribution >= 4 is 0 Å². The normalized spacial score (nSPS) is 23.5. The first kappa shape index (κ1) is 13.2. The Morgan fingerprint density at radius 1 is 1.39 bits per heavy atom. The van der Waals surface area contributed by atoms with Gasteiger partial charge < -0.3 is 15.2 Å². The molecule has 1 saturated heterocycles. The molecule has 100 valence electrons. The van der Waals surface area contributed by atoms with Gasteiger partial charge in [0, 0.05) is 19.7 Å². The number of ether oxygens (including phenoxy) is 1. The van der Waals surface area contributed by atoms with Gasteiger partial charge in [-0.3, -0.25) is 0 Å². The zero-order valence-corrected chi connectivity index (χ0v) is 10.3. The molecule has 5 heteroatoms. The summed E-state index contributed by atoms with van der Waals surface area (Å²) in [6.07, 6.45) is 2.03. The van der Waals surface area contributed by atoms with Crippen LogP contribution < -0.4 is 5.32 Å². The van der Waals surface area contributed by atoms with Crippen LogP contribution in [0.5, 0.6) is 5.75 Å². The van der Waals surface area contributed by atoms with Gasteiger partial charge in [0.2, 0.25) is 0 Å². The molecule has 1 heterocycles. The minimum absolute atomic E-state index is 0.186. The van der Waals surface area contributed by atoms with Gasteiger partial charge in [0.15, 0.2) is 17.4 Å². The predicted molar refractivity (Wildman–Crippen MR) is 63.3 cm³/mol. The predicted octanol–water partition coefficient (Wildman–Crippen LogP) is 2.33. The minimum atomic E-state index is -0.935. The largest absolute Gasteiger partial charge is 0.503 e. The monoisotopic (exact) mass is 257 g/mol. The Balaban J connectivity index is 1.90. The number of halogens is 2. The molecule has 1 atom stereocenters. The number of benzene rings is 1. The van der Waals surface area contributed by atoms with Crippen LogP contribution in [0.3, 0.4) is 0 Å². The number of hydrogen-bond acceptors (Lipinski definition) is 3. The van der Waals surface area contributed by atoms with Gasteiger partial charge in [-0.2, -0.15) is 0 Å². The van der Waals surface area contributed by atoms with Crippen molar-refractivity contribution in [1.29, 1.82) is 0 Å². The van der Waals surface area contributed by atoms with E-state index < -0.39 is 17.4 Å². The number of rotatable bonds is 4. The number of nitrogens with one attached hydrogen (secondary N) is 1. The van der Waals surface area contributed by atoms with Crippen LogP contribution in [0.25, 0.3) is 0 Å². The third-order valence-electron chi connectivity index (χ3n) is 3.21. The molecule has 1 aromatic carbocycles. The van der Waals surface area contributed by atoms with Crippen LogP contribution in [-0.4, -0.2) is 23.9 Å². The molecule has 3 nitrogen and oxygen atoms in total. The second-order valence-corrected chi connectivity index (χ2v) is 4.91. The topological polar surface area (TPSA) is 41.5 Å². The molecule has 0 aromatic heterocycles. The van der Waals surface area contributed by atoms with Crippen molar-refractivity contribution in [1.82, 2.24) is 5.32 Å². The minimum Gasteiger partial charge on any atom is -0.503 e. The van der Waals surface area contributed by atoms with Crippen LogP contribution in [0.2, 0.25) is 0 Å². The van der Waals surface area contributed by atoms with Gasteiger partial charge in [0.05, 0.1) is 5.60 Å². The smallest absolute Gasteiger partial charge is 0.187 e. The summed E-state index contributed by atoms with van der Waals surface area (Å²) in [5.41, 5.74) is 0.276. The van der Waals surface area contributed by atoms with Crippen LogP contribution in [0.1, 0.15) is 25.3 Å². The molecule has 1 unspecified atom stereocenters. The zero-order chi connectivity index (χ0) is 13.2. The Hall–Kier alpha value is -1.20. The Labute approximate surface area is 105 Å². The number of aromatic hydroxyl groups is 1. The van der Waals surface area contributed by atoms with E-state index in [0.717, 1.165) is 31.6 Å². The van der Waals surface area contributed by atoms with Gasteiger partial charge in [-0.25, -0.2) is 8.78 Å². The molecule has 0 radical (unpaired) electrons. The average molecular weight is 257 g/mol. The molecule has 1 aliphatic heterocycles. The molecule has 1 aromatic rings. The third-order valence-corrected chi connectivity index (χ3v) is 3.21. The van der Waals surface area contributed by atoms with Crippen molar-refractivity contribution < 1.29 is 18.6 Å². The molecule has 1 aliphatic rings. The fraction of sp³-hybridized carbons (Fsp3) is 0.538. The summed E-state index contributed by atoms with van der Waals surface area (Å²) in [4.78, 5) is 0. The summed E-state index contributed by atoms with van der Waals surface area (Å²) in [7, 11) is 0. The first-order valence-corrected chi connectivity index (χ1v) is 6.02. The van der Waals surface area contributed by atoms with E-state index in [0.29, 0.717) is 18.7 Å². The quantitative estimate of drug-likeness (QED) is 0.869. The van der Waals surface area contributed by atoms with Crippen LogP contribution in [0.15, 0.2) is 12.1 Å². The van der Waals surface area contributed by atoms with E-state index in [9.17, 15) is 8.78 Å². The van der Waals surface area contributed by atoms with Crippen LogP contribution in [0.4, 0.5) is 8.78 Å². The second kappa shape index (κ2) is 5.20. The molecule has 2 N–H and O–H groups in total. The number of hydrogen-bond donors (Lipinski definition) is 2. The second-order valence-electron chi connectivity index (χ2n) is 4.91. The lowest BCUT2D eigenvalue weighted by Crippen LogP contribution is -2.36. The zero-order valence-electron chi connectivity index (χ0n) is 10.3. The molecule has 2 rings (SSSR count). The molecule has 0 spiro atoms. The van der Waals surface area contributed by atoms with E-state index in [2.05, 4.69) is 5.32 Å². The highest BCUT2D eigenvalue weighted by atomic mass is 19.1. The van der Waals surface area contributed by atoms with E-state index >= 15 is 0 Å². The van der Waals surface area contributed by atoms with Crippen LogP contribution in [-0.2, 0) is 11.3 Å². The fourth-order valence-corrected chi connectivity index (χ4v) is 2.17. The Kier molecular flexibility index (Phi) is 3.82. The summed E-state index contributed by atoms with van der Waals surface area (Å²) in [6, 6.07) is 2.26. The lowest BCUT2D eigenvalue weighted by atomic mass is 10.0. The summed E-state index contributed by atoms with van der Waals surface area (Å²) in [5, 5.41) is 12.1. The molecule has 0 amide bonds. The number of phenols is 1. The molecule has 0 bridgehead atoms. The van der Waals surface area contributed by atoms with Crippen molar-refractivity contribution in [3.63, 3.8) is 0 Å². The van der Waals surface area contributed by atoms with Gasteiger partial charge in [0.1, 0.15) is 0 Å². The van der Waals surface area contributed by atoms with Crippen LogP contribution >= 0.6 is 0 Å². The molecule has 18 heavy (non-hydrogen) atoms. The number of phenolic OH excluding ortho intramolecular Hbond substituents is 1. The third kappa shape index (κ3) is 2.97. The summed E-state index contributed by atoms with van der Waals surface area (Å²) in [6.45, 7) is 3.76. The molecule has 0 saturated carbocycles. The average Bonchev–Trinajstić information content (AvgIpc) is 2.73. The van der Waals surface area contributed by atoms with E-state index in [1.54, 1.807) is 0 Å². The molecule has 1 fully saturated rings. The van der Waals surface area contributed by atoms with Gasteiger partial charge in [0.25, 0.3) is 0 Å². The molecule has 0 aliphatic carbocycles. The van der Waals surface area contributed by atoms with E-state index in [-0.39, 0.29) is 5.60 Å². The summed E-state index contributed by atoms with van der Waals surface area (Å²) in [5.74, 6) is -2.80. The maximum absolute atomic E-state index is 13.1. The first-order valence-electron chi connectivity index (χ1n) is 6.02. The van der Waals surface area contributed by atoms with Gasteiger partial charge in [-0.15, -0.1) is 0 Å². The van der Waals surface area contributed by atoms with Crippen LogP contribution in [0, 0.1) is 11.6 Å². The van der Waals surface area contributed by atoms with Crippen molar-refractivity contribution in [3.05, 3.63) is 29.3 Å². The maximum atomic E-state index is 13.1.